The molecule has 0 radical (unpaired) electrons. The van der Waals surface area contributed by atoms with Gasteiger partial charge in [0.1, 0.15) is 0 Å². The van der Waals surface area contributed by atoms with Crippen LogP contribution in [-0.2, 0) is 0 Å². The van der Waals surface area contributed by atoms with Crippen LogP contribution < -0.4 is 10.6 Å². The molecule has 17 heavy (non-hydrogen) atoms. The summed E-state index contributed by atoms with van der Waals surface area (Å²) in [5, 5.41) is 12.7. The topological polar surface area (TPSA) is 82.7 Å². The Morgan fingerprint density at radius 2 is 2.35 bits per heavy atom. The van der Waals surface area contributed by atoms with E-state index >= 15 is 0 Å². The van der Waals surface area contributed by atoms with E-state index in [1.54, 1.807) is 0 Å². The van der Waals surface area contributed by atoms with Gasteiger partial charge in [-0.1, -0.05) is 0 Å². The van der Waals surface area contributed by atoms with Crippen LogP contribution in [0.5, 0.6) is 0 Å². The third-order valence-corrected chi connectivity index (χ3v) is 2.36. The highest BCUT2D eigenvalue weighted by molar-refractivity contribution is 6.18. The zero-order chi connectivity index (χ0) is 12.3. The maximum atomic E-state index is 11.4. The number of nitrogens with one attached hydrogen (secondary N) is 3. The van der Waals surface area contributed by atoms with Crippen molar-refractivity contribution in [1.82, 2.24) is 20.5 Å². The molecule has 6 nitrogen and oxygen atoms in total. The molecule has 0 aliphatic carbocycles. The molecule has 2 aromatic heterocycles. The monoisotopic (exact) mass is 253 g/mol. The number of hydrogen-bond acceptors (Lipinski definition) is 3. The van der Waals surface area contributed by atoms with E-state index < -0.39 is 0 Å². The number of pyridine rings is 1. The van der Waals surface area contributed by atoms with Gasteiger partial charge in [0.15, 0.2) is 11.5 Å². The van der Waals surface area contributed by atoms with Crippen molar-refractivity contribution in [3.05, 3.63) is 17.8 Å². The number of fused-ring (bicyclic) bond motifs is 1. The van der Waals surface area contributed by atoms with Crippen molar-refractivity contribution in [2.24, 2.45) is 0 Å². The van der Waals surface area contributed by atoms with Crippen LogP contribution in [0.3, 0.4) is 0 Å². The van der Waals surface area contributed by atoms with E-state index in [4.69, 9.17) is 11.6 Å². The summed E-state index contributed by atoms with van der Waals surface area (Å²) in [6.07, 6.45) is 0. The molecule has 2 heterocycles. The van der Waals surface area contributed by atoms with Gasteiger partial charge in [-0.15, -0.1) is 11.6 Å². The highest BCUT2D eigenvalue weighted by atomic mass is 35.5. The van der Waals surface area contributed by atoms with Crippen molar-refractivity contribution in [2.75, 3.05) is 17.7 Å². The number of aromatic amines is 1. The molecule has 2 amide bonds. The molecule has 3 N–H and O–H groups in total. The molecule has 0 atom stereocenters. The molecule has 0 saturated heterocycles. The second kappa shape index (κ2) is 5.01. The van der Waals surface area contributed by atoms with Crippen LogP contribution in [0.15, 0.2) is 12.1 Å². The summed E-state index contributed by atoms with van der Waals surface area (Å²) in [6, 6.07) is 3.39. The molecule has 2 rings (SSSR count). The van der Waals surface area contributed by atoms with E-state index in [-0.39, 0.29) is 6.03 Å². The van der Waals surface area contributed by atoms with Gasteiger partial charge >= 0.3 is 6.03 Å². The Balaban J connectivity index is 2.16. The maximum absolute atomic E-state index is 11.4. The van der Waals surface area contributed by atoms with Crippen LogP contribution in [0, 0.1) is 6.92 Å². The van der Waals surface area contributed by atoms with Crippen LogP contribution >= 0.6 is 11.6 Å². The molecule has 2 aromatic rings. The van der Waals surface area contributed by atoms with Gasteiger partial charge in [0, 0.05) is 18.1 Å². The summed E-state index contributed by atoms with van der Waals surface area (Å²) in [4.78, 5) is 15.7. The molecule has 0 saturated carbocycles. The van der Waals surface area contributed by atoms with Gasteiger partial charge in [0.05, 0.1) is 5.39 Å². The molecule has 0 fully saturated rings. The Bertz CT molecular complexity index is 538. The molecule has 0 spiro atoms. The first kappa shape index (κ1) is 11.7. The highest BCUT2D eigenvalue weighted by Crippen LogP contribution is 2.18. The van der Waals surface area contributed by atoms with Crippen LogP contribution in [0.25, 0.3) is 11.0 Å². The third kappa shape index (κ3) is 2.65. The normalized spacial score (nSPS) is 10.5. The fraction of sp³-hybridized carbons (Fsp3) is 0.300. The molecule has 0 bridgehead atoms. The number of hydrogen-bond donors (Lipinski definition) is 3. The Hall–Kier alpha value is -1.82. The number of urea groups is 1. The second-order valence-electron chi connectivity index (χ2n) is 3.49. The first-order chi connectivity index (χ1) is 8.20. The zero-order valence-electron chi connectivity index (χ0n) is 9.25. The quantitative estimate of drug-likeness (QED) is 0.727. The summed E-state index contributed by atoms with van der Waals surface area (Å²) >= 11 is 5.47. The van der Waals surface area contributed by atoms with Crippen molar-refractivity contribution in [3.8, 4) is 0 Å². The number of carbonyl (C=O) groups excluding carboxylic acids is 1. The lowest BCUT2D eigenvalue weighted by molar-refractivity contribution is 0.252. The average molecular weight is 254 g/mol. The van der Waals surface area contributed by atoms with Crippen LogP contribution in [0.2, 0.25) is 0 Å². The summed E-state index contributed by atoms with van der Waals surface area (Å²) < 4.78 is 0. The number of amides is 2. The predicted molar refractivity (Wildman–Crippen MR) is 66.4 cm³/mol. The van der Waals surface area contributed by atoms with Crippen molar-refractivity contribution < 1.29 is 4.79 Å². The lowest BCUT2D eigenvalue weighted by Crippen LogP contribution is -2.30. The molecule has 7 heteroatoms. The fourth-order valence-corrected chi connectivity index (χ4v) is 1.50. The van der Waals surface area contributed by atoms with Gasteiger partial charge in [-0.05, 0) is 19.1 Å². The van der Waals surface area contributed by atoms with Gasteiger partial charge in [-0.2, -0.15) is 5.10 Å². The van der Waals surface area contributed by atoms with Gasteiger partial charge in [0.2, 0.25) is 0 Å². The fourth-order valence-electron chi connectivity index (χ4n) is 1.41. The minimum Gasteiger partial charge on any atom is -0.337 e. The standard InChI is InChI=1S/C10H12ClN5O/c1-6-2-3-7-8(13-6)15-16-9(7)14-10(17)12-5-4-11/h2-3H,4-5H2,1H3,(H3,12,13,14,15,16,17). The first-order valence-corrected chi connectivity index (χ1v) is 5.66. The summed E-state index contributed by atoms with van der Waals surface area (Å²) in [6.45, 7) is 2.30. The number of rotatable bonds is 3. The minimum absolute atomic E-state index is 0.334. The van der Waals surface area contributed by atoms with Crippen molar-refractivity contribution in [1.29, 1.82) is 0 Å². The van der Waals surface area contributed by atoms with E-state index in [2.05, 4.69) is 25.8 Å². The number of H-pyrrole nitrogens is 1. The smallest absolute Gasteiger partial charge is 0.320 e. The number of aromatic nitrogens is 3. The van der Waals surface area contributed by atoms with E-state index in [9.17, 15) is 4.79 Å². The van der Waals surface area contributed by atoms with Crippen molar-refractivity contribution in [2.45, 2.75) is 6.92 Å². The third-order valence-electron chi connectivity index (χ3n) is 2.18. The Labute approximate surface area is 103 Å². The van der Waals surface area contributed by atoms with E-state index in [0.717, 1.165) is 11.1 Å². The Morgan fingerprint density at radius 1 is 1.53 bits per heavy atom. The lowest BCUT2D eigenvalue weighted by atomic mass is 10.3. The molecule has 0 aromatic carbocycles. The minimum atomic E-state index is -0.334. The predicted octanol–water partition coefficient (Wildman–Crippen LogP) is 1.63. The molecular weight excluding hydrogens is 242 g/mol. The summed E-state index contributed by atoms with van der Waals surface area (Å²) in [5.74, 6) is 0.828. The number of aryl methyl sites for hydroxylation is 1. The SMILES string of the molecule is Cc1ccc2c(NC(=O)NCCCl)n[nH]c2n1. The molecular formula is C10H12ClN5O. The van der Waals surface area contributed by atoms with Crippen LogP contribution in [-0.4, -0.2) is 33.6 Å². The van der Waals surface area contributed by atoms with Crippen LogP contribution in [0.4, 0.5) is 10.6 Å². The zero-order valence-corrected chi connectivity index (χ0v) is 10.0. The number of carbonyl (C=O) groups is 1. The summed E-state index contributed by atoms with van der Waals surface area (Å²) in [7, 11) is 0. The van der Waals surface area contributed by atoms with Crippen molar-refractivity contribution in [3.63, 3.8) is 0 Å². The summed E-state index contributed by atoms with van der Waals surface area (Å²) in [5.41, 5.74) is 1.54. The number of halogens is 1. The van der Waals surface area contributed by atoms with Gasteiger partial charge in [-0.25, -0.2) is 9.78 Å². The molecule has 0 unspecified atom stereocenters. The highest BCUT2D eigenvalue weighted by Gasteiger charge is 2.09. The van der Waals surface area contributed by atoms with Crippen molar-refractivity contribution >= 4 is 34.5 Å². The average Bonchev–Trinajstić information content (AvgIpc) is 2.69. The van der Waals surface area contributed by atoms with Gasteiger partial charge < -0.3 is 5.32 Å². The molecule has 90 valence electrons. The second-order valence-corrected chi connectivity index (χ2v) is 3.87. The number of alkyl halides is 1. The Kier molecular flexibility index (Phi) is 3.43. The van der Waals surface area contributed by atoms with E-state index in [0.29, 0.717) is 23.9 Å². The first-order valence-electron chi connectivity index (χ1n) is 5.13. The largest absolute Gasteiger partial charge is 0.337 e. The van der Waals surface area contributed by atoms with Gasteiger partial charge in [-0.3, -0.25) is 10.4 Å². The van der Waals surface area contributed by atoms with E-state index in [1.165, 1.54) is 0 Å². The maximum Gasteiger partial charge on any atom is 0.320 e. The van der Waals surface area contributed by atoms with E-state index in [1.807, 2.05) is 19.1 Å². The molecule has 0 aliphatic rings. The van der Waals surface area contributed by atoms with Gasteiger partial charge in [0.25, 0.3) is 0 Å². The lowest BCUT2D eigenvalue weighted by Gasteiger charge is -2.03. The number of anilines is 1. The number of nitrogens with zero attached hydrogens (tertiary/aromatic N) is 2. The molecule has 0 aliphatic heterocycles. The Morgan fingerprint density at radius 3 is 3.12 bits per heavy atom. The van der Waals surface area contributed by atoms with Crippen LogP contribution in [0.1, 0.15) is 5.69 Å².